The van der Waals surface area contributed by atoms with Crippen LogP contribution in [0.2, 0.25) is 0 Å². The van der Waals surface area contributed by atoms with Crippen molar-refractivity contribution < 1.29 is 24.2 Å². The SMILES string of the molecule is COc1cc(C(CC(=O)O)c2ccc(C)c(CN(C)C(=O)OC3CCCC3)c2)c(C)c2c1C(C)C(C)CN=N2. The van der Waals surface area contributed by atoms with Gasteiger partial charge < -0.3 is 19.5 Å². The van der Waals surface area contributed by atoms with Crippen LogP contribution in [0.4, 0.5) is 10.5 Å². The topological polar surface area (TPSA) is 101 Å². The number of methoxy groups -OCH3 is 1. The third kappa shape index (κ3) is 6.26. The molecule has 0 spiro atoms. The summed E-state index contributed by atoms with van der Waals surface area (Å²) in [5.74, 6) is -0.107. The number of fused-ring (bicyclic) bond motifs is 1. The van der Waals surface area contributed by atoms with Crippen LogP contribution in [0, 0.1) is 19.8 Å². The molecule has 1 aliphatic carbocycles. The van der Waals surface area contributed by atoms with Crippen molar-refractivity contribution in [3.8, 4) is 5.75 Å². The molecule has 4 rings (SSSR count). The maximum atomic E-state index is 12.7. The lowest BCUT2D eigenvalue weighted by Crippen LogP contribution is -2.30. The van der Waals surface area contributed by atoms with Gasteiger partial charge in [-0.25, -0.2) is 4.79 Å². The number of ether oxygens (including phenoxy) is 2. The van der Waals surface area contributed by atoms with Gasteiger partial charge in [0.05, 0.1) is 25.8 Å². The molecule has 0 radical (unpaired) electrons. The number of rotatable bonds is 8. The molecule has 1 aliphatic heterocycles. The minimum Gasteiger partial charge on any atom is -0.496 e. The number of aryl methyl sites for hydroxylation is 1. The lowest BCUT2D eigenvalue weighted by molar-refractivity contribution is -0.137. The van der Waals surface area contributed by atoms with E-state index in [1.54, 1.807) is 19.1 Å². The average Bonchev–Trinajstić information content (AvgIpc) is 3.36. The number of nitrogens with zero attached hydrogens (tertiary/aromatic N) is 3. The zero-order chi connectivity index (χ0) is 28.3. The van der Waals surface area contributed by atoms with Gasteiger partial charge in [-0.15, -0.1) is 0 Å². The van der Waals surface area contributed by atoms with Crippen LogP contribution in [0.15, 0.2) is 34.5 Å². The van der Waals surface area contributed by atoms with Crippen molar-refractivity contribution in [2.75, 3.05) is 20.7 Å². The number of amides is 1. The lowest BCUT2D eigenvalue weighted by atomic mass is 9.80. The second-order valence-corrected chi connectivity index (χ2v) is 11.2. The number of carbonyl (C=O) groups is 2. The first-order chi connectivity index (χ1) is 18.6. The van der Waals surface area contributed by atoms with E-state index >= 15 is 0 Å². The Bertz CT molecular complexity index is 1250. The van der Waals surface area contributed by atoms with E-state index in [1.165, 1.54) is 0 Å². The summed E-state index contributed by atoms with van der Waals surface area (Å²) in [6.45, 7) is 9.32. The average molecular weight is 536 g/mol. The quantitative estimate of drug-likeness (QED) is 0.383. The predicted molar refractivity (Wildman–Crippen MR) is 150 cm³/mol. The van der Waals surface area contributed by atoms with Gasteiger partial charge >= 0.3 is 12.1 Å². The minimum absolute atomic E-state index is 0.00125. The van der Waals surface area contributed by atoms with E-state index in [0.29, 0.717) is 24.8 Å². The van der Waals surface area contributed by atoms with E-state index < -0.39 is 11.9 Å². The molecule has 3 atom stereocenters. The summed E-state index contributed by atoms with van der Waals surface area (Å²) in [4.78, 5) is 26.4. The fraction of sp³-hybridized carbons (Fsp3) is 0.548. The van der Waals surface area contributed by atoms with E-state index in [0.717, 1.165) is 64.8 Å². The number of carboxylic acid groups (broad SMARTS) is 1. The number of aliphatic carboxylic acids is 1. The zero-order valence-electron chi connectivity index (χ0n) is 24.0. The predicted octanol–water partition coefficient (Wildman–Crippen LogP) is 7.27. The van der Waals surface area contributed by atoms with Gasteiger partial charge in [-0.1, -0.05) is 32.0 Å². The van der Waals surface area contributed by atoms with E-state index in [-0.39, 0.29) is 24.5 Å². The van der Waals surface area contributed by atoms with Crippen LogP contribution in [0.5, 0.6) is 5.75 Å². The summed E-state index contributed by atoms with van der Waals surface area (Å²) in [5.41, 5.74) is 6.43. The van der Waals surface area contributed by atoms with Crippen LogP contribution in [-0.2, 0) is 16.1 Å². The molecule has 8 nitrogen and oxygen atoms in total. The van der Waals surface area contributed by atoms with Crippen LogP contribution >= 0.6 is 0 Å². The first kappa shape index (κ1) is 28.6. The lowest BCUT2D eigenvalue weighted by Gasteiger charge is -2.26. The van der Waals surface area contributed by atoms with Crippen molar-refractivity contribution in [3.63, 3.8) is 0 Å². The van der Waals surface area contributed by atoms with Crippen molar-refractivity contribution in [1.29, 1.82) is 0 Å². The van der Waals surface area contributed by atoms with Crippen LogP contribution in [0.25, 0.3) is 0 Å². The van der Waals surface area contributed by atoms with Gasteiger partial charge in [0.2, 0.25) is 0 Å². The summed E-state index contributed by atoms with van der Waals surface area (Å²) in [5, 5.41) is 18.9. The molecule has 2 aliphatic rings. The first-order valence-electron chi connectivity index (χ1n) is 13.9. The van der Waals surface area contributed by atoms with Crippen LogP contribution in [0.3, 0.4) is 0 Å². The maximum Gasteiger partial charge on any atom is 0.410 e. The molecule has 39 heavy (non-hydrogen) atoms. The molecule has 1 amide bonds. The van der Waals surface area contributed by atoms with Crippen LogP contribution in [0.1, 0.15) is 91.2 Å². The van der Waals surface area contributed by atoms with E-state index in [2.05, 4.69) is 24.1 Å². The third-order valence-corrected chi connectivity index (χ3v) is 8.48. The Kier molecular flexibility index (Phi) is 8.93. The van der Waals surface area contributed by atoms with E-state index in [1.807, 2.05) is 38.1 Å². The second-order valence-electron chi connectivity index (χ2n) is 11.2. The highest BCUT2D eigenvalue weighted by molar-refractivity contribution is 5.71. The van der Waals surface area contributed by atoms with Gasteiger partial charge in [0.25, 0.3) is 0 Å². The Labute approximate surface area is 231 Å². The van der Waals surface area contributed by atoms with Gasteiger partial charge in [0, 0.05) is 25.1 Å². The number of carboxylic acids is 1. The molecule has 210 valence electrons. The highest BCUT2D eigenvalue weighted by Gasteiger charge is 2.30. The first-order valence-corrected chi connectivity index (χ1v) is 13.9. The highest BCUT2D eigenvalue weighted by Crippen LogP contribution is 2.47. The van der Waals surface area contributed by atoms with Gasteiger partial charge in [-0.2, -0.15) is 10.2 Å². The molecule has 1 fully saturated rings. The zero-order valence-corrected chi connectivity index (χ0v) is 24.0. The van der Waals surface area contributed by atoms with Gasteiger partial charge in [0.15, 0.2) is 0 Å². The summed E-state index contributed by atoms with van der Waals surface area (Å²) in [7, 11) is 3.39. The molecule has 2 aromatic rings. The Morgan fingerprint density at radius 1 is 1.15 bits per heavy atom. The standard InChI is InChI=1S/C31H41N3O5/c1-18-11-12-22(13-23(18)17-34(5)31(37)39-24-9-7-8-10-24)26(15-28(35)36)25-14-27(38-6)29-20(3)19(2)16-32-33-30(29)21(25)4/h11-14,19-20,24,26H,7-10,15-17H2,1-6H3,(H,35,36). The Balaban J connectivity index is 1.71. The number of hydrogen-bond acceptors (Lipinski definition) is 6. The van der Waals surface area contributed by atoms with Crippen molar-refractivity contribution in [3.05, 3.63) is 57.6 Å². The molecule has 8 heteroatoms. The molecule has 2 aromatic carbocycles. The smallest absolute Gasteiger partial charge is 0.410 e. The summed E-state index contributed by atoms with van der Waals surface area (Å²) < 4.78 is 11.5. The molecular weight excluding hydrogens is 494 g/mol. The second kappa shape index (κ2) is 12.2. The van der Waals surface area contributed by atoms with Crippen molar-refractivity contribution in [2.24, 2.45) is 16.1 Å². The molecular formula is C31H41N3O5. The summed E-state index contributed by atoms with van der Waals surface area (Å²) in [6.07, 6.45) is 3.63. The Hall–Kier alpha value is -3.42. The molecule has 3 unspecified atom stereocenters. The molecule has 1 heterocycles. The van der Waals surface area contributed by atoms with Crippen molar-refractivity contribution in [2.45, 2.75) is 84.3 Å². The summed E-state index contributed by atoms with van der Waals surface area (Å²) in [6, 6.07) is 7.98. The van der Waals surface area contributed by atoms with Gasteiger partial charge in [0.1, 0.15) is 11.9 Å². The van der Waals surface area contributed by atoms with Gasteiger partial charge in [-0.05, 0) is 85.3 Å². The normalized spacial score (nSPS) is 19.7. The third-order valence-electron chi connectivity index (χ3n) is 8.48. The number of azo groups is 1. The fourth-order valence-electron chi connectivity index (χ4n) is 5.78. The number of benzene rings is 2. The molecule has 0 aromatic heterocycles. The van der Waals surface area contributed by atoms with E-state index in [9.17, 15) is 14.7 Å². The summed E-state index contributed by atoms with van der Waals surface area (Å²) >= 11 is 0. The van der Waals surface area contributed by atoms with Crippen molar-refractivity contribution >= 4 is 17.7 Å². The fourth-order valence-corrected chi connectivity index (χ4v) is 5.78. The molecule has 0 saturated heterocycles. The number of carbonyl (C=O) groups excluding carboxylic acids is 1. The maximum absolute atomic E-state index is 12.7. The molecule has 1 N–H and O–H groups in total. The largest absolute Gasteiger partial charge is 0.496 e. The minimum atomic E-state index is -0.892. The highest BCUT2D eigenvalue weighted by atomic mass is 16.6. The van der Waals surface area contributed by atoms with Crippen LogP contribution in [-0.4, -0.2) is 48.9 Å². The molecule has 0 bridgehead atoms. The Morgan fingerprint density at radius 3 is 2.54 bits per heavy atom. The Morgan fingerprint density at radius 2 is 1.87 bits per heavy atom. The van der Waals surface area contributed by atoms with Crippen molar-refractivity contribution in [1.82, 2.24) is 4.90 Å². The molecule has 1 saturated carbocycles. The van der Waals surface area contributed by atoms with Crippen LogP contribution < -0.4 is 4.74 Å². The number of hydrogen-bond donors (Lipinski definition) is 1. The monoisotopic (exact) mass is 535 g/mol. The van der Waals surface area contributed by atoms with E-state index in [4.69, 9.17) is 9.47 Å². The van der Waals surface area contributed by atoms with Gasteiger partial charge in [-0.3, -0.25) is 4.79 Å².